The summed E-state index contributed by atoms with van der Waals surface area (Å²) in [6.07, 6.45) is 4.80. The smallest absolute Gasteiger partial charge is 0.252 e. The van der Waals surface area contributed by atoms with Gasteiger partial charge in [0.25, 0.3) is 5.91 Å². The van der Waals surface area contributed by atoms with Gasteiger partial charge in [-0.3, -0.25) is 4.79 Å². The SMILES string of the molecule is COc1ccc(-n2nnnc2C2(NC(=O)c3ccccc3)CCCCC2)cc1. The maximum absolute atomic E-state index is 12.9. The molecule has 1 fully saturated rings. The van der Waals surface area contributed by atoms with Crippen molar-refractivity contribution in [2.75, 3.05) is 7.11 Å². The monoisotopic (exact) mass is 377 g/mol. The number of carbonyl (C=O) groups excluding carboxylic acids is 1. The van der Waals surface area contributed by atoms with Crippen LogP contribution in [0.5, 0.6) is 5.75 Å². The van der Waals surface area contributed by atoms with Crippen molar-refractivity contribution in [1.29, 1.82) is 0 Å². The maximum atomic E-state index is 12.9. The highest BCUT2D eigenvalue weighted by Gasteiger charge is 2.40. The van der Waals surface area contributed by atoms with E-state index in [2.05, 4.69) is 20.8 Å². The Kier molecular flexibility index (Phi) is 5.06. The minimum atomic E-state index is -0.589. The topological polar surface area (TPSA) is 81.9 Å². The van der Waals surface area contributed by atoms with Crippen LogP contribution in [0.2, 0.25) is 0 Å². The number of tetrazole rings is 1. The first-order chi connectivity index (χ1) is 13.7. The Bertz CT molecular complexity index is 931. The molecule has 0 radical (unpaired) electrons. The number of nitrogens with one attached hydrogen (secondary N) is 1. The van der Waals surface area contributed by atoms with E-state index in [9.17, 15) is 4.79 Å². The molecule has 28 heavy (non-hydrogen) atoms. The number of hydrogen-bond donors (Lipinski definition) is 1. The van der Waals surface area contributed by atoms with Crippen LogP contribution in [0, 0.1) is 0 Å². The van der Waals surface area contributed by atoms with Crippen molar-refractivity contribution in [2.45, 2.75) is 37.6 Å². The van der Waals surface area contributed by atoms with Gasteiger partial charge in [0.1, 0.15) is 11.3 Å². The Hall–Kier alpha value is -3.22. The Morgan fingerprint density at radius 3 is 2.43 bits per heavy atom. The van der Waals surface area contributed by atoms with E-state index in [1.807, 2.05) is 54.6 Å². The molecule has 0 atom stereocenters. The summed E-state index contributed by atoms with van der Waals surface area (Å²) >= 11 is 0. The number of hydrogen-bond acceptors (Lipinski definition) is 5. The first-order valence-electron chi connectivity index (χ1n) is 9.53. The molecule has 7 heteroatoms. The van der Waals surface area contributed by atoms with Crippen molar-refractivity contribution in [3.05, 3.63) is 66.0 Å². The zero-order valence-electron chi connectivity index (χ0n) is 15.8. The van der Waals surface area contributed by atoms with Crippen molar-refractivity contribution in [2.24, 2.45) is 0 Å². The van der Waals surface area contributed by atoms with Gasteiger partial charge in [-0.05, 0) is 59.7 Å². The lowest BCUT2D eigenvalue weighted by atomic mass is 9.80. The van der Waals surface area contributed by atoms with Crippen LogP contribution in [0.15, 0.2) is 54.6 Å². The van der Waals surface area contributed by atoms with Gasteiger partial charge in [0.2, 0.25) is 0 Å². The molecular weight excluding hydrogens is 354 g/mol. The summed E-state index contributed by atoms with van der Waals surface area (Å²) in [4.78, 5) is 12.9. The lowest BCUT2D eigenvalue weighted by molar-refractivity contribution is 0.0855. The summed E-state index contributed by atoms with van der Waals surface area (Å²) in [6.45, 7) is 0. The molecular formula is C21H23N5O2. The number of benzene rings is 2. The van der Waals surface area contributed by atoms with E-state index in [1.54, 1.807) is 11.8 Å². The van der Waals surface area contributed by atoms with Crippen molar-refractivity contribution in [3.63, 3.8) is 0 Å². The molecule has 1 heterocycles. The van der Waals surface area contributed by atoms with Crippen LogP contribution >= 0.6 is 0 Å². The van der Waals surface area contributed by atoms with E-state index in [-0.39, 0.29) is 5.91 Å². The fourth-order valence-electron chi connectivity index (χ4n) is 3.82. The number of ether oxygens (including phenoxy) is 1. The third kappa shape index (κ3) is 3.47. The average molecular weight is 377 g/mol. The second-order valence-corrected chi connectivity index (χ2v) is 7.08. The largest absolute Gasteiger partial charge is 0.497 e. The number of aromatic nitrogens is 4. The van der Waals surface area contributed by atoms with Crippen LogP contribution < -0.4 is 10.1 Å². The summed E-state index contributed by atoms with van der Waals surface area (Å²) in [5, 5.41) is 15.7. The summed E-state index contributed by atoms with van der Waals surface area (Å²) in [6, 6.07) is 16.8. The van der Waals surface area contributed by atoms with Gasteiger partial charge in [-0.15, -0.1) is 5.10 Å². The van der Waals surface area contributed by atoms with Gasteiger partial charge in [0.15, 0.2) is 5.82 Å². The van der Waals surface area contributed by atoms with Gasteiger partial charge in [0, 0.05) is 5.56 Å². The van der Waals surface area contributed by atoms with E-state index in [1.165, 1.54) is 0 Å². The van der Waals surface area contributed by atoms with Crippen LogP contribution in [0.1, 0.15) is 48.3 Å². The molecule has 1 aromatic heterocycles. The second-order valence-electron chi connectivity index (χ2n) is 7.08. The molecule has 7 nitrogen and oxygen atoms in total. The standard InChI is InChI=1S/C21H23N5O2/c1-28-18-12-10-17(11-13-18)26-20(23-24-25-26)21(14-6-3-7-15-21)22-19(27)16-8-4-2-5-9-16/h2,4-5,8-13H,3,6-7,14-15H2,1H3,(H,22,27). The molecule has 0 spiro atoms. The zero-order valence-corrected chi connectivity index (χ0v) is 15.8. The molecule has 144 valence electrons. The highest BCUT2D eigenvalue weighted by Crippen LogP contribution is 2.37. The molecule has 2 aromatic carbocycles. The van der Waals surface area contributed by atoms with Crippen LogP contribution in [-0.4, -0.2) is 33.2 Å². The van der Waals surface area contributed by atoms with Crippen LogP contribution in [0.25, 0.3) is 5.69 Å². The molecule has 1 N–H and O–H groups in total. The van der Waals surface area contributed by atoms with Gasteiger partial charge < -0.3 is 10.1 Å². The first kappa shape index (κ1) is 18.2. The fourth-order valence-corrected chi connectivity index (χ4v) is 3.82. The molecule has 0 aliphatic heterocycles. The Balaban J connectivity index is 1.70. The highest BCUT2D eigenvalue weighted by molar-refractivity contribution is 5.94. The quantitative estimate of drug-likeness (QED) is 0.738. The number of methoxy groups -OCH3 is 1. The zero-order chi connectivity index (χ0) is 19.4. The average Bonchev–Trinajstić information content (AvgIpc) is 3.26. The molecule has 1 amide bonds. The fraction of sp³-hybridized carbons (Fsp3) is 0.333. The lowest BCUT2D eigenvalue weighted by Gasteiger charge is -2.36. The van der Waals surface area contributed by atoms with Gasteiger partial charge in [-0.2, -0.15) is 4.68 Å². The molecule has 3 aromatic rings. The molecule has 1 saturated carbocycles. The first-order valence-corrected chi connectivity index (χ1v) is 9.53. The normalized spacial score (nSPS) is 15.8. The summed E-state index contributed by atoms with van der Waals surface area (Å²) in [7, 11) is 1.63. The Morgan fingerprint density at radius 2 is 1.75 bits per heavy atom. The van der Waals surface area contributed by atoms with Crippen molar-refractivity contribution in [3.8, 4) is 11.4 Å². The highest BCUT2D eigenvalue weighted by atomic mass is 16.5. The second kappa shape index (κ2) is 7.80. The number of carbonyl (C=O) groups is 1. The number of amides is 1. The van der Waals surface area contributed by atoms with Gasteiger partial charge in [-0.1, -0.05) is 37.5 Å². The molecule has 1 aliphatic carbocycles. The minimum Gasteiger partial charge on any atom is -0.497 e. The molecule has 0 saturated heterocycles. The van der Waals surface area contributed by atoms with Crippen molar-refractivity contribution >= 4 is 5.91 Å². The lowest BCUT2D eigenvalue weighted by Crippen LogP contribution is -2.49. The Labute approximate surface area is 163 Å². The number of nitrogens with zero attached hydrogens (tertiary/aromatic N) is 4. The van der Waals surface area contributed by atoms with E-state index in [4.69, 9.17) is 4.74 Å². The third-order valence-corrected chi connectivity index (χ3v) is 5.31. The maximum Gasteiger partial charge on any atom is 0.252 e. The van der Waals surface area contributed by atoms with Crippen LogP contribution in [0.3, 0.4) is 0 Å². The predicted molar refractivity (Wildman–Crippen MR) is 104 cm³/mol. The van der Waals surface area contributed by atoms with E-state index in [0.717, 1.165) is 43.5 Å². The Morgan fingerprint density at radius 1 is 1.04 bits per heavy atom. The van der Waals surface area contributed by atoms with Gasteiger partial charge >= 0.3 is 0 Å². The molecule has 4 rings (SSSR count). The third-order valence-electron chi connectivity index (χ3n) is 5.31. The summed E-state index contributed by atoms with van der Waals surface area (Å²) < 4.78 is 6.95. The molecule has 0 unspecified atom stereocenters. The van der Waals surface area contributed by atoms with Crippen LogP contribution in [0.4, 0.5) is 0 Å². The van der Waals surface area contributed by atoms with E-state index in [0.29, 0.717) is 11.4 Å². The summed E-state index contributed by atoms with van der Waals surface area (Å²) in [5.41, 5.74) is 0.879. The molecule has 1 aliphatic rings. The van der Waals surface area contributed by atoms with Crippen LogP contribution in [-0.2, 0) is 5.54 Å². The minimum absolute atomic E-state index is 0.105. The molecule has 0 bridgehead atoms. The van der Waals surface area contributed by atoms with E-state index < -0.39 is 5.54 Å². The summed E-state index contributed by atoms with van der Waals surface area (Å²) in [5.74, 6) is 1.33. The number of rotatable bonds is 5. The predicted octanol–water partition coefficient (Wildman–Crippen LogP) is 3.26. The van der Waals surface area contributed by atoms with Gasteiger partial charge in [0.05, 0.1) is 12.8 Å². The van der Waals surface area contributed by atoms with E-state index >= 15 is 0 Å². The van der Waals surface area contributed by atoms with Crippen molar-refractivity contribution < 1.29 is 9.53 Å². The van der Waals surface area contributed by atoms with Crippen molar-refractivity contribution in [1.82, 2.24) is 25.5 Å². The van der Waals surface area contributed by atoms with Gasteiger partial charge in [-0.25, -0.2) is 0 Å².